The van der Waals surface area contributed by atoms with Crippen molar-refractivity contribution in [3.8, 4) is 0 Å². The van der Waals surface area contributed by atoms with Gasteiger partial charge in [0.15, 0.2) is 0 Å². The van der Waals surface area contributed by atoms with Crippen molar-refractivity contribution in [2.24, 2.45) is 5.92 Å². The van der Waals surface area contributed by atoms with E-state index in [1.54, 1.807) is 0 Å². The number of amides is 2. The molecule has 0 N–H and O–H groups in total. The molecule has 6 heteroatoms. The second-order valence-corrected chi connectivity index (χ2v) is 7.82. The van der Waals surface area contributed by atoms with Gasteiger partial charge in [-0.25, -0.2) is 0 Å². The number of carbonyl (C=O) groups is 2. The Morgan fingerprint density at radius 2 is 1.71 bits per heavy atom. The molecule has 0 aliphatic carbocycles. The zero-order valence-electron chi connectivity index (χ0n) is 16.6. The third-order valence-corrected chi connectivity index (χ3v) is 5.85. The second kappa shape index (κ2) is 7.87. The van der Waals surface area contributed by atoms with E-state index < -0.39 is 0 Å². The van der Waals surface area contributed by atoms with Crippen LogP contribution in [0, 0.1) is 19.8 Å². The molecule has 0 saturated carbocycles. The topological polar surface area (TPSA) is 62.7 Å². The van der Waals surface area contributed by atoms with E-state index >= 15 is 0 Å². The van der Waals surface area contributed by atoms with Gasteiger partial charge in [0.2, 0.25) is 5.91 Å². The number of pyridine rings is 1. The van der Waals surface area contributed by atoms with Crippen molar-refractivity contribution in [3.05, 3.63) is 41.1 Å². The van der Waals surface area contributed by atoms with E-state index in [-0.39, 0.29) is 17.7 Å². The van der Waals surface area contributed by atoms with Crippen LogP contribution in [-0.4, -0.2) is 66.0 Å². The van der Waals surface area contributed by atoms with E-state index in [0.29, 0.717) is 45.0 Å². The van der Waals surface area contributed by atoms with Gasteiger partial charge in [-0.15, -0.1) is 0 Å². The van der Waals surface area contributed by atoms with E-state index in [1.807, 2.05) is 41.8 Å². The molecular formula is C22H27N3O3. The Labute approximate surface area is 165 Å². The number of benzene rings is 1. The number of carbonyl (C=O) groups excluding carboxylic acids is 2. The van der Waals surface area contributed by atoms with Gasteiger partial charge in [-0.3, -0.25) is 14.6 Å². The van der Waals surface area contributed by atoms with Crippen LogP contribution in [0.5, 0.6) is 0 Å². The molecule has 2 aliphatic rings. The molecule has 1 aromatic carbocycles. The summed E-state index contributed by atoms with van der Waals surface area (Å²) in [5, 5.41) is 0.992. The van der Waals surface area contributed by atoms with Gasteiger partial charge in [-0.2, -0.15) is 0 Å². The van der Waals surface area contributed by atoms with Gasteiger partial charge in [0.25, 0.3) is 5.91 Å². The number of hydrogen-bond acceptors (Lipinski definition) is 4. The van der Waals surface area contributed by atoms with Crippen molar-refractivity contribution in [1.82, 2.24) is 14.8 Å². The summed E-state index contributed by atoms with van der Waals surface area (Å²) in [4.78, 5) is 34.2. The summed E-state index contributed by atoms with van der Waals surface area (Å²) in [7, 11) is 0. The molecule has 6 nitrogen and oxygen atoms in total. The van der Waals surface area contributed by atoms with Gasteiger partial charge < -0.3 is 14.5 Å². The van der Waals surface area contributed by atoms with Crippen molar-refractivity contribution in [2.45, 2.75) is 26.7 Å². The highest BCUT2D eigenvalue weighted by atomic mass is 16.5. The molecule has 2 amide bonds. The number of morpholine rings is 1. The van der Waals surface area contributed by atoms with Crippen molar-refractivity contribution >= 4 is 22.7 Å². The van der Waals surface area contributed by atoms with Crippen molar-refractivity contribution < 1.29 is 14.3 Å². The summed E-state index contributed by atoms with van der Waals surface area (Å²) in [6, 6.07) is 8.05. The molecule has 3 heterocycles. The van der Waals surface area contributed by atoms with Crippen molar-refractivity contribution in [3.63, 3.8) is 0 Å². The molecule has 2 fully saturated rings. The van der Waals surface area contributed by atoms with Crippen LogP contribution in [0.2, 0.25) is 0 Å². The Kier molecular flexibility index (Phi) is 5.31. The quantitative estimate of drug-likeness (QED) is 0.802. The van der Waals surface area contributed by atoms with E-state index in [2.05, 4.69) is 11.1 Å². The summed E-state index contributed by atoms with van der Waals surface area (Å²) in [5.74, 6) is 0.251. The maximum atomic E-state index is 13.1. The summed E-state index contributed by atoms with van der Waals surface area (Å²) in [6.45, 7) is 7.76. The molecule has 0 unspecified atom stereocenters. The molecule has 0 radical (unpaired) electrons. The highest BCUT2D eigenvalue weighted by Gasteiger charge is 2.31. The fraction of sp³-hybridized carbons (Fsp3) is 0.500. The maximum absolute atomic E-state index is 13.1. The van der Waals surface area contributed by atoms with Crippen LogP contribution in [0.3, 0.4) is 0 Å². The Morgan fingerprint density at radius 3 is 2.43 bits per heavy atom. The average molecular weight is 381 g/mol. The molecular weight excluding hydrogens is 354 g/mol. The van der Waals surface area contributed by atoms with Gasteiger partial charge in [0.1, 0.15) is 0 Å². The zero-order chi connectivity index (χ0) is 19.7. The predicted octanol–water partition coefficient (Wildman–Crippen LogP) is 2.56. The number of rotatable bonds is 2. The third-order valence-electron chi connectivity index (χ3n) is 5.85. The van der Waals surface area contributed by atoms with E-state index in [0.717, 1.165) is 35.0 Å². The number of nitrogens with zero attached hydrogens (tertiary/aromatic N) is 3. The molecule has 2 aliphatic heterocycles. The first-order valence-electron chi connectivity index (χ1n) is 10.1. The first-order valence-corrected chi connectivity index (χ1v) is 10.1. The number of hydrogen-bond donors (Lipinski definition) is 0. The SMILES string of the molecule is Cc1ccc2nc(C)c(C(=O)N3CCC(C(=O)N4CCOCC4)CC3)cc2c1. The lowest BCUT2D eigenvalue weighted by atomic mass is 9.94. The lowest BCUT2D eigenvalue weighted by molar-refractivity contribution is -0.141. The lowest BCUT2D eigenvalue weighted by Crippen LogP contribution is -2.47. The molecule has 148 valence electrons. The third kappa shape index (κ3) is 3.74. The summed E-state index contributed by atoms with van der Waals surface area (Å²) < 4.78 is 5.33. The number of piperidine rings is 1. The predicted molar refractivity (Wildman–Crippen MR) is 107 cm³/mol. The number of ether oxygens (including phenoxy) is 1. The first-order chi connectivity index (χ1) is 13.5. The van der Waals surface area contributed by atoms with Gasteiger partial charge in [-0.1, -0.05) is 11.6 Å². The zero-order valence-corrected chi connectivity index (χ0v) is 16.6. The number of aromatic nitrogens is 1. The molecule has 0 atom stereocenters. The standard InChI is InChI=1S/C22H27N3O3/c1-15-3-4-20-18(13-15)14-19(16(2)23-20)22(27)24-7-5-17(6-8-24)21(26)25-9-11-28-12-10-25/h3-4,13-14,17H,5-12H2,1-2H3. The fourth-order valence-electron chi connectivity index (χ4n) is 4.15. The van der Waals surface area contributed by atoms with Crippen molar-refractivity contribution in [2.75, 3.05) is 39.4 Å². The van der Waals surface area contributed by atoms with Crippen LogP contribution in [-0.2, 0) is 9.53 Å². The number of fused-ring (bicyclic) bond motifs is 1. The monoisotopic (exact) mass is 381 g/mol. The number of likely N-dealkylation sites (tertiary alicyclic amines) is 1. The van der Waals surface area contributed by atoms with Gasteiger partial charge in [0, 0.05) is 37.5 Å². The minimum Gasteiger partial charge on any atom is -0.378 e. The maximum Gasteiger partial charge on any atom is 0.255 e. The lowest BCUT2D eigenvalue weighted by Gasteiger charge is -2.35. The highest BCUT2D eigenvalue weighted by Crippen LogP contribution is 2.24. The largest absolute Gasteiger partial charge is 0.378 e. The van der Waals surface area contributed by atoms with Crippen LogP contribution in [0.15, 0.2) is 24.3 Å². The van der Waals surface area contributed by atoms with Gasteiger partial charge in [0.05, 0.1) is 30.0 Å². The van der Waals surface area contributed by atoms with Crippen LogP contribution in [0.25, 0.3) is 10.9 Å². The Balaban J connectivity index is 1.44. The highest BCUT2D eigenvalue weighted by molar-refractivity contribution is 5.99. The molecule has 2 aromatic rings. The normalized spacial score (nSPS) is 18.5. The van der Waals surface area contributed by atoms with E-state index in [9.17, 15) is 9.59 Å². The molecule has 28 heavy (non-hydrogen) atoms. The molecule has 1 aromatic heterocycles. The summed E-state index contributed by atoms with van der Waals surface area (Å²) in [5.41, 5.74) is 3.48. The average Bonchev–Trinajstić information content (AvgIpc) is 2.73. The van der Waals surface area contributed by atoms with Gasteiger partial charge in [-0.05, 0) is 44.9 Å². The molecule has 4 rings (SSSR count). The molecule has 0 spiro atoms. The Hall–Kier alpha value is -2.47. The van der Waals surface area contributed by atoms with Crippen LogP contribution in [0.1, 0.15) is 34.5 Å². The van der Waals surface area contributed by atoms with Gasteiger partial charge >= 0.3 is 0 Å². The summed E-state index contributed by atoms with van der Waals surface area (Å²) >= 11 is 0. The minimum absolute atomic E-state index is 0.0145. The molecule has 0 bridgehead atoms. The van der Waals surface area contributed by atoms with E-state index in [1.165, 1.54) is 0 Å². The minimum atomic E-state index is 0.0145. The van der Waals surface area contributed by atoms with Crippen molar-refractivity contribution in [1.29, 1.82) is 0 Å². The van der Waals surface area contributed by atoms with Crippen LogP contribution >= 0.6 is 0 Å². The smallest absolute Gasteiger partial charge is 0.255 e. The fourth-order valence-corrected chi connectivity index (χ4v) is 4.15. The Bertz CT molecular complexity index is 897. The Morgan fingerprint density at radius 1 is 1.00 bits per heavy atom. The van der Waals surface area contributed by atoms with E-state index in [4.69, 9.17) is 4.74 Å². The first kappa shape index (κ1) is 18.9. The summed E-state index contributed by atoms with van der Waals surface area (Å²) in [6.07, 6.45) is 1.45. The van der Waals surface area contributed by atoms with Crippen LogP contribution in [0.4, 0.5) is 0 Å². The molecule has 2 saturated heterocycles. The van der Waals surface area contributed by atoms with Crippen LogP contribution < -0.4 is 0 Å². The number of aryl methyl sites for hydroxylation is 2. The second-order valence-electron chi connectivity index (χ2n) is 7.82.